The molecule has 0 spiro atoms. The fraction of sp³-hybridized carbons (Fsp3) is 0.455. The van der Waals surface area contributed by atoms with E-state index < -0.39 is 0 Å². The van der Waals surface area contributed by atoms with Gasteiger partial charge in [-0.3, -0.25) is 0 Å². The van der Waals surface area contributed by atoms with Gasteiger partial charge in [0.25, 0.3) is 0 Å². The van der Waals surface area contributed by atoms with Crippen LogP contribution in [0.25, 0.3) is 0 Å². The summed E-state index contributed by atoms with van der Waals surface area (Å²) in [5, 5.41) is 3.40. The summed E-state index contributed by atoms with van der Waals surface area (Å²) in [6, 6.07) is 6.95. The standard InChI is InChI=1S/C11H16BrN/c1-4-13-9(3)10-5-8(2)6-11(12)7-10/h5-7,9,13H,4H2,1-3H3. The lowest BCUT2D eigenvalue weighted by molar-refractivity contribution is 0.597. The summed E-state index contributed by atoms with van der Waals surface area (Å²) < 4.78 is 1.16. The van der Waals surface area contributed by atoms with E-state index in [-0.39, 0.29) is 0 Å². The first kappa shape index (κ1) is 10.7. The number of rotatable bonds is 3. The zero-order chi connectivity index (χ0) is 9.84. The summed E-state index contributed by atoms with van der Waals surface area (Å²) in [7, 11) is 0. The average Bonchev–Trinajstić information content (AvgIpc) is 2.03. The van der Waals surface area contributed by atoms with E-state index in [0.29, 0.717) is 6.04 Å². The van der Waals surface area contributed by atoms with Crippen molar-refractivity contribution in [2.75, 3.05) is 6.54 Å². The molecule has 1 aromatic carbocycles. The zero-order valence-corrected chi connectivity index (χ0v) is 9.98. The molecular weight excluding hydrogens is 226 g/mol. The summed E-state index contributed by atoms with van der Waals surface area (Å²) in [6.45, 7) is 7.44. The van der Waals surface area contributed by atoms with E-state index in [2.05, 4.69) is 60.2 Å². The van der Waals surface area contributed by atoms with E-state index in [4.69, 9.17) is 0 Å². The third-order valence-corrected chi connectivity index (χ3v) is 2.53. The predicted molar refractivity (Wildman–Crippen MR) is 61.0 cm³/mol. The second-order valence-corrected chi connectivity index (χ2v) is 4.26. The molecule has 0 saturated carbocycles. The largest absolute Gasteiger partial charge is 0.310 e. The number of benzene rings is 1. The molecule has 0 radical (unpaired) electrons. The van der Waals surface area contributed by atoms with Crippen LogP contribution in [0.5, 0.6) is 0 Å². The van der Waals surface area contributed by atoms with Gasteiger partial charge in [-0.15, -0.1) is 0 Å². The van der Waals surface area contributed by atoms with E-state index >= 15 is 0 Å². The first-order valence-electron chi connectivity index (χ1n) is 4.64. The first-order valence-corrected chi connectivity index (χ1v) is 5.43. The highest BCUT2D eigenvalue weighted by atomic mass is 79.9. The highest BCUT2D eigenvalue weighted by molar-refractivity contribution is 9.10. The smallest absolute Gasteiger partial charge is 0.0292 e. The summed E-state index contributed by atoms with van der Waals surface area (Å²) in [5.41, 5.74) is 2.64. The maximum absolute atomic E-state index is 3.50. The lowest BCUT2D eigenvalue weighted by atomic mass is 10.1. The molecule has 1 unspecified atom stereocenters. The topological polar surface area (TPSA) is 12.0 Å². The van der Waals surface area contributed by atoms with Crippen LogP contribution < -0.4 is 5.32 Å². The molecule has 72 valence electrons. The fourth-order valence-electron chi connectivity index (χ4n) is 1.44. The number of aryl methyl sites for hydroxylation is 1. The van der Waals surface area contributed by atoms with E-state index in [1.807, 2.05) is 0 Å². The van der Waals surface area contributed by atoms with Gasteiger partial charge in [0.05, 0.1) is 0 Å². The molecule has 0 amide bonds. The van der Waals surface area contributed by atoms with E-state index in [1.165, 1.54) is 11.1 Å². The molecule has 0 heterocycles. The highest BCUT2D eigenvalue weighted by Crippen LogP contribution is 2.20. The van der Waals surface area contributed by atoms with Crippen molar-refractivity contribution in [2.45, 2.75) is 26.8 Å². The van der Waals surface area contributed by atoms with Gasteiger partial charge in [-0.25, -0.2) is 0 Å². The normalized spacial score (nSPS) is 12.9. The Hall–Kier alpha value is -0.340. The first-order chi connectivity index (χ1) is 6.13. The molecule has 0 aliphatic carbocycles. The Balaban J connectivity index is 2.87. The second kappa shape index (κ2) is 4.77. The predicted octanol–water partition coefficient (Wildman–Crippen LogP) is 3.43. The van der Waals surface area contributed by atoms with Crippen molar-refractivity contribution in [3.05, 3.63) is 33.8 Å². The van der Waals surface area contributed by atoms with Crippen LogP contribution in [0.4, 0.5) is 0 Å². The highest BCUT2D eigenvalue weighted by Gasteiger charge is 2.04. The zero-order valence-electron chi connectivity index (χ0n) is 8.39. The van der Waals surface area contributed by atoms with Crippen LogP contribution in [0.3, 0.4) is 0 Å². The van der Waals surface area contributed by atoms with Crippen LogP contribution in [0.15, 0.2) is 22.7 Å². The molecule has 1 aromatic rings. The molecule has 0 bridgehead atoms. The van der Waals surface area contributed by atoms with Gasteiger partial charge in [-0.1, -0.05) is 28.9 Å². The Morgan fingerprint density at radius 3 is 2.62 bits per heavy atom. The summed E-state index contributed by atoms with van der Waals surface area (Å²) >= 11 is 3.50. The molecule has 0 fully saturated rings. The van der Waals surface area contributed by atoms with Crippen molar-refractivity contribution in [3.63, 3.8) is 0 Å². The van der Waals surface area contributed by atoms with Gasteiger partial charge in [0, 0.05) is 10.5 Å². The lowest BCUT2D eigenvalue weighted by Crippen LogP contribution is -2.17. The van der Waals surface area contributed by atoms with Crippen molar-refractivity contribution in [1.29, 1.82) is 0 Å². The third kappa shape index (κ3) is 3.12. The van der Waals surface area contributed by atoms with Crippen LogP contribution in [-0.2, 0) is 0 Å². The minimum Gasteiger partial charge on any atom is -0.310 e. The van der Waals surface area contributed by atoms with Crippen LogP contribution in [0.1, 0.15) is 31.0 Å². The molecule has 1 atom stereocenters. The Morgan fingerprint density at radius 1 is 1.38 bits per heavy atom. The minimum atomic E-state index is 0.432. The van der Waals surface area contributed by atoms with E-state index in [0.717, 1.165) is 11.0 Å². The SMILES string of the molecule is CCNC(C)c1cc(C)cc(Br)c1. The van der Waals surface area contributed by atoms with Crippen LogP contribution in [0, 0.1) is 6.92 Å². The van der Waals surface area contributed by atoms with Gasteiger partial charge in [0.2, 0.25) is 0 Å². The molecule has 0 aromatic heterocycles. The van der Waals surface area contributed by atoms with Crippen molar-refractivity contribution in [3.8, 4) is 0 Å². The van der Waals surface area contributed by atoms with Crippen LogP contribution in [0.2, 0.25) is 0 Å². The van der Waals surface area contributed by atoms with Crippen molar-refractivity contribution < 1.29 is 0 Å². The van der Waals surface area contributed by atoms with Gasteiger partial charge in [0.15, 0.2) is 0 Å². The third-order valence-electron chi connectivity index (χ3n) is 2.07. The van der Waals surface area contributed by atoms with Gasteiger partial charge >= 0.3 is 0 Å². The quantitative estimate of drug-likeness (QED) is 0.856. The maximum Gasteiger partial charge on any atom is 0.0292 e. The number of halogens is 1. The van der Waals surface area contributed by atoms with Crippen LogP contribution in [-0.4, -0.2) is 6.54 Å². The number of hydrogen-bond acceptors (Lipinski definition) is 1. The Kier molecular flexibility index (Phi) is 3.94. The summed E-state index contributed by atoms with van der Waals surface area (Å²) in [5.74, 6) is 0. The fourth-order valence-corrected chi connectivity index (χ4v) is 2.06. The van der Waals surface area contributed by atoms with Gasteiger partial charge in [0.1, 0.15) is 0 Å². The number of hydrogen-bond donors (Lipinski definition) is 1. The van der Waals surface area contributed by atoms with Crippen LogP contribution >= 0.6 is 15.9 Å². The van der Waals surface area contributed by atoms with E-state index in [9.17, 15) is 0 Å². The molecule has 0 aliphatic rings. The molecule has 2 heteroatoms. The Morgan fingerprint density at radius 2 is 2.08 bits per heavy atom. The summed E-state index contributed by atoms with van der Waals surface area (Å²) in [6.07, 6.45) is 0. The molecule has 1 rings (SSSR count). The lowest BCUT2D eigenvalue weighted by Gasteiger charge is -2.13. The molecule has 1 N–H and O–H groups in total. The Bertz CT molecular complexity index is 263. The maximum atomic E-state index is 3.50. The van der Waals surface area contributed by atoms with E-state index in [1.54, 1.807) is 0 Å². The molecule has 1 nitrogen and oxygen atoms in total. The molecule has 0 aliphatic heterocycles. The van der Waals surface area contributed by atoms with Gasteiger partial charge in [-0.2, -0.15) is 0 Å². The molecular formula is C11H16BrN. The minimum absolute atomic E-state index is 0.432. The molecule has 0 saturated heterocycles. The second-order valence-electron chi connectivity index (χ2n) is 3.34. The monoisotopic (exact) mass is 241 g/mol. The summed E-state index contributed by atoms with van der Waals surface area (Å²) in [4.78, 5) is 0. The van der Waals surface area contributed by atoms with Crippen molar-refractivity contribution >= 4 is 15.9 Å². The van der Waals surface area contributed by atoms with Crippen molar-refractivity contribution in [2.24, 2.45) is 0 Å². The van der Waals surface area contributed by atoms with Crippen molar-refractivity contribution in [1.82, 2.24) is 5.32 Å². The average molecular weight is 242 g/mol. The molecule has 13 heavy (non-hydrogen) atoms. The van der Waals surface area contributed by atoms with Gasteiger partial charge < -0.3 is 5.32 Å². The number of nitrogens with one attached hydrogen (secondary N) is 1. The van der Waals surface area contributed by atoms with Gasteiger partial charge in [-0.05, 0) is 43.7 Å². The Labute approximate surface area is 88.7 Å².